The van der Waals surface area contributed by atoms with Crippen LogP contribution in [0.4, 0.5) is 0 Å². The molecule has 21 heavy (non-hydrogen) atoms. The summed E-state index contributed by atoms with van der Waals surface area (Å²) in [6.07, 6.45) is 2.34. The minimum atomic E-state index is 0.363. The van der Waals surface area contributed by atoms with Crippen LogP contribution >= 0.6 is 0 Å². The molecular weight excluding hydrogens is 266 g/mol. The largest absolute Gasteiger partial charge is 0.497 e. The fourth-order valence-electron chi connectivity index (χ4n) is 1.94. The Morgan fingerprint density at radius 2 is 2.14 bits per heavy atom. The molecular formula is C16H17N3O2. The summed E-state index contributed by atoms with van der Waals surface area (Å²) in [4.78, 5) is 3.93. The van der Waals surface area contributed by atoms with Crippen LogP contribution < -0.4 is 15.2 Å². The van der Waals surface area contributed by atoms with Crippen LogP contribution in [0.3, 0.4) is 0 Å². The Morgan fingerprint density at radius 1 is 1.29 bits per heavy atom. The van der Waals surface area contributed by atoms with Crippen LogP contribution in [0.5, 0.6) is 11.5 Å². The molecule has 0 fully saturated rings. The van der Waals surface area contributed by atoms with E-state index < -0.39 is 0 Å². The van der Waals surface area contributed by atoms with Crippen LogP contribution in [-0.4, -0.2) is 18.6 Å². The third-order valence-corrected chi connectivity index (χ3v) is 3.02. The number of rotatable bonds is 6. The van der Waals surface area contributed by atoms with Gasteiger partial charge >= 0.3 is 0 Å². The van der Waals surface area contributed by atoms with Gasteiger partial charge in [-0.1, -0.05) is 6.07 Å². The zero-order valence-electron chi connectivity index (χ0n) is 11.9. The van der Waals surface area contributed by atoms with Crippen molar-refractivity contribution in [2.24, 2.45) is 5.73 Å². The molecule has 2 N–H and O–H groups in total. The van der Waals surface area contributed by atoms with Crippen LogP contribution in [0, 0.1) is 11.3 Å². The summed E-state index contributed by atoms with van der Waals surface area (Å²) in [6, 6.07) is 11.2. The molecule has 2 aromatic rings. The Kier molecular flexibility index (Phi) is 5.13. The Hall–Kier alpha value is -2.58. The van der Waals surface area contributed by atoms with Gasteiger partial charge in [0.15, 0.2) is 0 Å². The molecule has 0 unspecified atom stereocenters. The van der Waals surface area contributed by atoms with E-state index in [4.69, 9.17) is 20.5 Å². The first-order valence-corrected chi connectivity index (χ1v) is 6.61. The summed E-state index contributed by atoms with van der Waals surface area (Å²) in [5, 5.41) is 8.85. The number of methoxy groups -OCH3 is 1. The smallest absolute Gasteiger partial charge is 0.140 e. The lowest BCUT2D eigenvalue weighted by Crippen LogP contribution is -2.06. The molecule has 0 saturated heterocycles. The second-order valence-corrected chi connectivity index (χ2v) is 4.46. The van der Waals surface area contributed by atoms with Crippen molar-refractivity contribution < 1.29 is 9.47 Å². The molecule has 5 heteroatoms. The lowest BCUT2D eigenvalue weighted by atomic mass is 10.1. The zero-order chi connectivity index (χ0) is 15.1. The molecule has 0 amide bonds. The number of benzene rings is 1. The van der Waals surface area contributed by atoms with E-state index in [0.717, 1.165) is 29.0 Å². The minimum absolute atomic E-state index is 0.363. The Labute approximate surface area is 123 Å². The number of hydrogen-bond acceptors (Lipinski definition) is 5. The van der Waals surface area contributed by atoms with Gasteiger partial charge in [0.2, 0.25) is 0 Å². The molecule has 1 aromatic heterocycles. The van der Waals surface area contributed by atoms with E-state index in [0.29, 0.717) is 18.8 Å². The summed E-state index contributed by atoms with van der Waals surface area (Å²) in [5.41, 5.74) is 7.92. The Balaban J connectivity index is 2.15. The number of nitriles is 1. The molecule has 0 radical (unpaired) electrons. The van der Waals surface area contributed by atoms with E-state index in [1.807, 2.05) is 30.3 Å². The van der Waals surface area contributed by atoms with Crippen molar-refractivity contribution in [3.05, 3.63) is 53.3 Å². The van der Waals surface area contributed by atoms with Crippen molar-refractivity contribution in [3.8, 4) is 17.6 Å². The highest BCUT2D eigenvalue weighted by molar-refractivity contribution is 5.41. The first kappa shape index (κ1) is 14.8. The number of aromatic nitrogens is 1. The number of pyridine rings is 1. The maximum atomic E-state index is 8.85. The van der Waals surface area contributed by atoms with Gasteiger partial charge < -0.3 is 15.2 Å². The number of hydrogen-bond donors (Lipinski definition) is 1. The van der Waals surface area contributed by atoms with Gasteiger partial charge in [-0.3, -0.25) is 0 Å². The predicted molar refractivity (Wildman–Crippen MR) is 79.0 cm³/mol. The summed E-state index contributed by atoms with van der Waals surface area (Å²) in [5.74, 6) is 1.48. The number of ether oxygens (including phenoxy) is 2. The molecule has 0 aliphatic carbocycles. The van der Waals surface area contributed by atoms with Crippen LogP contribution in [-0.2, 0) is 13.0 Å². The summed E-state index contributed by atoms with van der Waals surface area (Å²) in [6.45, 7) is 0.915. The highest BCUT2D eigenvalue weighted by Crippen LogP contribution is 2.26. The molecule has 0 bridgehead atoms. The van der Waals surface area contributed by atoms with Crippen molar-refractivity contribution in [1.82, 2.24) is 4.98 Å². The van der Waals surface area contributed by atoms with Crippen molar-refractivity contribution in [1.29, 1.82) is 5.26 Å². The quantitative estimate of drug-likeness (QED) is 0.877. The predicted octanol–water partition coefficient (Wildman–Crippen LogP) is 2.04. The molecule has 108 valence electrons. The Bertz CT molecular complexity index is 650. The fraction of sp³-hybridized carbons (Fsp3) is 0.250. The number of nitrogens with two attached hydrogens (primary N) is 1. The van der Waals surface area contributed by atoms with E-state index in [2.05, 4.69) is 4.98 Å². The lowest BCUT2D eigenvalue weighted by Gasteiger charge is -2.12. The lowest BCUT2D eigenvalue weighted by molar-refractivity contribution is 0.300. The van der Waals surface area contributed by atoms with Crippen LogP contribution in [0.2, 0.25) is 0 Å². The second-order valence-electron chi connectivity index (χ2n) is 4.46. The third-order valence-electron chi connectivity index (χ3n) is 3.02. The summed E-state index contributed by atoms with van der Waals surface area (Å²) < 4.78 is 11.1. The molecule has 0 saturated carbocycles. The topological polar surface area (TPSA) is 81.2 Å². The standard InChI is InChI=1S/C16H17N3O2/c1-20-15-3-2-13(4-6-17)16(9-15)21-11-12-5-7-19-14(8-12)10-18/h2-3,5,7-9H,4,6,11,17H2,1H3. The van der Waals surface area contributed by atoms with Gasteiger partial charge in [-0.2, -0.15) is 5.26 Å². The van der Waals surface area contributed by atoms with Gasteiger partial charge in [-0.15, -0.1) is 0 Å². The first-order chi connectivity index (χ1) is 10.3. The second kappa shape index (κ2) is 7.27. The molecule has 0 atom stereocenters. The fourth-order valence-corrected chi connectivity index (χ4v) is 1.94. The number of nitrogens with zero attached hydrogens (tertiary/aromatic N) is 2. The van der Waals surface area contributed by atoms with E-state index in [1.54, 1.807) is 19.4 Å². The van der Waals surface area contributed by atoms with Gasteiger partial charge in [0, 0.05) is 12.3 Å². The van der Waals surface area contributed by atoms with Gasteiger partial charge in [0.1, 0.15) is 29.9 Å². The average Bonchev–Trinajstić information content (AvgIpc) is 2.54. The molecule has 1 heterocycles. The van der Waals surface area contributed by atoms with E-state index in [-0.39, 0.29) is 0 Å². The van der Waals surface area contributed by atoms with E-state index in [1.165, 1.54) is 0 Å². The van der Waals surface area contributed by atoms with E-state index >= 15 is 0 Å². The molecule has 0 spiro atoms. The normalized spacial score (nSPS) is 9.95. The van der Waals surface area contributed by atoms with E-state index in [9.17, 15) is 0 Å². The van der Waals surface area contributed by atoms with Crippen molar-refractivity contribution in [3.63, 3.8) is 0 Å². The highest BCUT2D eigenvalue weighted by atomic mass is 16.5. The first-order valence-electron chi connectivity index (χ1n) is 6.61. The SMILES string of the molecule is COc1ccc(CCN)c(OCc2ccnc(C#N)c2)c1. The van der Waals surface area contributed by atoms with Crippen LogP contribution in [0.1, 0.15) is 16.8 Å². The van der Waals surface area contributed by atoms with Crippen LogP contribution in [0.25, 0.3) is 0 Å². The molecule has 2 rings (SSSR count). The molecule has 0 aliphatic rings. The summed E-state index contributed by atoms with van der Waals surface area (Å²) >= 11 is 0. The third kappa shape index (κ3) is 3.94. The monoisotopic (exact) mass is 283 g/mol. The molecule has 1 aromatic carbocycles. The van der Waals surface area contributed by atoms with Crippen molar-refractivity contribution in [2.45, 2.75) is 13.0 Å². The van der Waals surface area contributed by atoms with Crippen molar-refractivity contribution in [2.75, 3.05) is 13.7 Å². The zero-order valence-corrected chi connectivity index (χ0v) is 11.9. The van der Waals surface area contributed by atoms with Gasteiger partial charge in [0.05, 0.1) is 7.11 Å². The van der Waals surface area contributed by atoms with Gasteiger partial charge in [-0.05, 0) is 42.3 Å². The maximum absolute atomic E-state index is 8.85. The highest BCUT2D eigenvalue weighted by Gasteiger charge is 2.06. The minimum Gasteiger partial charge on any atom is -0.497 e. The average molecular weight is 283 g/mol. The van der Waals surface area contributed by atoms with Crippen molar-refractivity contribution >= 4 is 0 Å². The molecule has 5 nitrogen and oxygen atoms in total. The Morgan fingerprint density at radius 3 is 2.86 bits per heavy atom. The van der Waals surface area contributed by atoms with Gasteiger partial charge in [0.25, 0.3) is 0 Å². The summed E-state index contributed by atoms with van der Waals surface area (Å²) in [7, 11) is 1.61. The maximum Gasteiger partial charge on any atom is 0.140 e. The van der Waals surface area contributed by atoms with Gasteiger partial charge in [-0.25, -0.2) is 4.98 Å². The van der Waals surface area contributed by atoms with Crippen LogP contribution in [0.15, 0.2) is 36.5 Å². The molecule has 0 aliphatic heterocycles.